The molecule has 166 valence electrons. The molecule has 0 N–H and O–H groups in total. The zero-order valence-electron chi connectivity index (χ0n) is 18.3. The molecule has 0 atom stereocenters. The van der Waals surface area contributed by atoms with E-state index in [0.717, 1.165) is 54.2 Å². The average molecular weight is 434 g/mol. The number of methoxy groups -OCH3 is 1. The van der Waals surface area contributed by atoms with E-state index in [1.165, 1.54) is 0 Å². The summed E-state index contributed by atoms with van der Waals surface area (Å²) in [6.45, 7) is 3.34. The van der Waals surface area contributed by atoms with Crippen LogP contribution in [0.1, 0.15) is 24.0 Å². The number of ether oxygens (including phenoxy) is 1. The lowest BCUT2D eigenvalue weighted by atomic mass is 10.1. The number of anilines is 3. The lowest BCUT2D eigenvalue weighted by Gasteiger charge is -2.38. The van der Waals surface area contributed by atoms with Gasteiger partial charge in [0.05, 0.1) is 32.6 Å². The fraction of sp³-hybridized carbons (Fsp3) is 0.308. The SMILES string of the molecule is COc1cccc(N2CN(OCc3ccccc3)Cc3cc(F)c(N4CCCC4)cc32)c1. The zero-order chi connectivity index (χ0) is 21.9. The Bertz CT molecular complexity index is 1070. The highest BCUT2D eigenvalue weighted by atomic mass is 19.1. The van der Waals surface area contributed by atoms with Crippen molar-refractivity contribution in [1.82, 2.24) is 5.06 Å². The fourth-order valence-electron chi connectivity index (χ4n) is 4.47. The minimum absolute atomic E-state index is 0.166. The maximum atomic E-state index is 15.1. The van der Waals surface area contributed by atoms with Gasteiger partial charge in [-0.3, -0.25) is 4.84 Å². The van der Waals surface area contributed by atoms with Crippen molar-refractivity contribution in [2.45, 2.75) is 26.0 Å². The summed E-state index contributed by atoms with van der Waals surface area (Å²) in [5, 5.41) is 1.89. The standard InChI is InChI=1S/C26H28FN3O2/c1-31-23-11-7-10-22(15-23)30-19-29(32-18-20-8-3-2-4-9-20)17-21-14-24(27)26(16-25(21)30)28-12-5-6-13-28/h2-4,7-11,14-16H,5-6,12-13,17-19H2,1H3. The van der Waals surface area contributed by atoms with E-state index in [2.05, 4.69) is 9.80 Å². The molecule has 3 aromatic carbocycles. The van der Waals surface area contributed by atoms with E-state index >= 15 is 4.39 Å². The molecule has 3 aromatic rings. The Labute approximate surface area is 188 Å². The molecular formula is C26H28FN3O2. The fourth-order valence-corrected chi connectivity index (χ4v) is 4.47. The molecule has 0 amide bonds. The van der Waals surface area contributed by atoms with Gasteiger partial charge in [0.1, 0.15) is 11.6 Å². The zero-order valence-corrected chi connectivity index (χ0v) is 18.3. The Morgan fingerprint density at radius 2 is 1.72 bits per heavy atom. The van der Waals surface area contributed by atoms with E-state index in [1.807, 2.05) is 65.7 Å². The Kier molecular flexibility index (Phi) is 5.97. The van der Waals surface area contributed by atoms with Crippen LogP contribution in [0.25, 0.3) is 0 Å². The number of halogens is 1. The molecule has 0 radical (unpaired) electrons. The van der Waals surface area contributed by atoms with Crippen molar-refractivity contribution in [3.63, 3.8) is 0 Å². The molecule has 0 spiro atoms. The van der Waals surface area contributed by atoms with Gasteiger partial charge in [-0.05, 0) is 48.2 Å². The first kappa shape index (κ1) is 20.8. The Hall–Kier alpha value is -3.09. The molecule has 1 saturated heterocycles. The monoisotopic (exact) mass is 433 g/mol. The van der Waals surface area contributed by atoms with Crippen LogP contribution in [0.4, 0.5) is 21.5 Å². The number of rotatable bonds is 6. The third kappa shape index (κ3) is 4.29. The topological polar surface area (TPSA) is 28.2 Å². The molecule has 0 saturated carbocycles. The van der Waals surface area contributed by atoms with Gasteiger partial charge in [-0.15, -0.1) is 0 Å². The Balaban J connectivity index is 1.48. The van der Waals surface area contributed by atoms with E-state index < -0.39 is 0 Å². The lowest BCUT2D eigenvalue weighted by molar-refractivity contribution is -0.178. The van der Waals surface area contributed by atoms with Crippen molar-refractivity contribution in [2.75, 3.05) is 36.7 Å². The first-order chi connectivity index (χ1) is 15.7. The number of benzene rings is 3. The van der Waals surface area contributed by atoms with E-state index in [1.54, 1.807) is 13.2 Å². The normalized spacial score (nSPS) is 16.3. The predicted octanol–water partition coefficient (Wildman–Crippen LogP) is 5.48. The second kappa shape index (κ2) is 9.18. The molecule has 0 aromatic heterocycles. The van der Waals surface area contributed by atoms with Gasteiger partial charge >= 0.3 is 0 Å². The number of hydrogen-bond donors (Lipinski definition) is 0. The Morgan fingerprint density at radius 1 is 0.906 bits per heavy atom. The number of hydroxylamine groups is 2. The average Bonchev–Trinajstić information content (AvgIpc) is 3.37. The smallest absolute Gasteiger partial charge is 0.146 e. The highest BCUT2D eigenvalue weighted by molar-refractivity contribution is 5.73. The third-order valence-electron chi connectivity index (χ3n) is 6.15. The van der Waals surface area contributed by atoms with E-state index in [0.29, 0.717) is 25.5 Å². The lowest BCUT2D eigenvalue weighted by Crippen LogP contribution is -2.40. The summed E-state index contributed by atoms with van der Waals surface area (Å²) in [5.74, 6) is 0.620. The maximum absolute atomic E-state index is 15.1. The van der Waals surface area contributed by atoms with Crippen LogP contribution in [-0.2, 0) is 18.0 Å². The minimum atomic E-state index is -0.166. The molecule has 6 heteroatoms. The van der Waals surface area contributed by atoms with Gasteiger partial charge in [0.15, 0.2) is 0 Å². The summed E-state index contributed by atoms with van der Waals surface area (Å²) in [6.07, 6.45) is 2.22. The van der Waals surface area contributed by atoms with Crippen molar-refractivity contribution in [1.29, 1.82) is 0 Å². The first-order valence-electron chi connectivity index (χ1n) is 11.1. The van der Waals surface area contributed by atoms with Crippen molar-refractivity contribution in [3.05, 3.63) is 83.7 Å². The largest absolute Gasteiger partial charge is 0.497 e. The van der Waals surface area contributed by atoms with Gasteiger partial charge < -0.3 is 14.5 Å². The van der Waals surface area contributed by atoms with Crippen LogP contribution in [-0.4, -0.2) is 31.9 Å². The molecule has 0 bridgehead atoms. The molecule has 5 rings (SSSR count). The van der Waals surface area contributed by atoms with Gasteiger partial charge in [-0.1, -0.05) is 36.4 Å². The van der Waals surface area contributed by atoms with Crippen LogP contribution in [0, 0.1) is 5.82 Å². The van der Waals surface area contributed by atoms with Gasteiger partial charge in [-0.25, -0.2) is 4.39 Å². The van der Waals surface area contributed by atoms with Crippen molar-refractivity contribution in [3.8, 4) is 5.75 Å². The Morgan fingerprint density at radius 3 is 2.50 bits per heavy atom. The number of fused-ring (bicyclic) bond motifs is 1. The molecule has 2 heterocycles. The molecule has 32 heavy (non-hydrogen) atoms. The molecule has 2 aliphatic heterocycles. The molecule has 5 nitrogen and oxygen atoms in total. The summed E-state index contributed by atoms with van der Waals surface area (Å²) in [7, 11) is 1.67. The van der Waals surface area contributed by atoms with Crippen LogP contribution >= 0.6 is 0 Å². The van der Waals surface area contributed by atoms with Crippen molar-refractivity contribution < 1.29 is 14.0 Å². The third-order valence-corrected chi connectivity index (χ3v) is 6.15. The van der Waals surface area contributed by atoms with Gasteiger partial charge in [0.25, 0.3) is 0 Å². The summed E-state index contributed by atoms with van der Waals surface area (Å²) < 4.78 is 20.6. The van der Waals surface area contributed by atoms with Crippen LogP contribution < -0.4 is 14.5 Å². The molecule has 0 aliphatic carbocycles. The number of hydrogen-bond acceptors (Lipinski definition) is 5. The predicted molar refractivity (Wildman–Crippen MR) is 125 cm³/mol. The summed E-state index contributed by atoms with van der Waals surface area (Å²) in [4.78, 5) is 10.5. The van der Waals surface area contributed by atoms with E-state index in [-0.39, 0.29) is 5.82 Å². The van der Waals surface area contributed by atoms with Gasteiger partial charge in [0, 0.05) is 30.5 Å². The minimum Gasteiger partial charge on any atom is -0.497 e. The van der Waals surface area contributed by atoms with Gasteiger partial charge in [0.2, 0.25) is 0 Å². The van der Waals surface area contributed by atoms with Gasteiger partial charge in [-0.2, -0.15) is 5.06 Å². The number of nitrogens with zero attached hydrogens (tertiary/aromatic N) is 3. The van der Waals surface area contributed by atoms with Crippen LogP contribution in [0.3, 0.4) is 0 Å². The van der Waals surface area contributed by atoms with Crippen molar-refractivity contribution in [2.24, 2.45) is 0 Å². The van der Waals surface area contributed by atoms with E-state index in [9.17, 15) is 0 Å². The van der Waals surface area contributed by atoms with Crippen LogP contribution in [0.15, 0.2) is 66.7 Å². The first-order valence-corrected chi connectivity index (χ1v) is 11.1. The molecular weight excluding hydrogens is 405 g/mol. The van der Waals surface area contributed by atoms with Crippen molar-refractivity contribution >= 4 is 17.1 Å². The summed E-state index contributed by atoms with van der Waals surface area (Å²) in [6, 6.07) is 21.7. The second-order valence-corrected chi connectivity index (χ2v) is 8.30. The summed E-state index contributed by atoms with van der Waals surface area (Å²) in [5.41, 5.74) is 4.70. The van der Waals surface area contributed by atoms with Crippen LogP contribution in [0.5, 0.6) is 5.75 Å². The summed E-state index contributed by atoms with van der Waals surface area (Å²) >= 11 is 0. The molecule has 2 aliphatic rings. The quantitative estimate of drug-likeness (QED) is 0.514. The highest BCUT2D eigenvalue weighted by Crippen LogP contribution is 2.39. The second-order valence-electron chi connectivity index (χ2n) is 8.30. The molecule has 0 unspecified atom stereocenters. The highest BCUT2D eigenvalue weighted by Gasteiger charge is 2.28. The molecule has 1 fully saturated rings. The maximum Gasteiger partial charge on any atom is 0.146 e. The van der Waals surface area contributed by atoms with Crippen LogP contribution in [0.2, 0.25) is 0 Å². The van der Waals surface area contributed by atoms with E-state index in [4.69, 9.17) is 9.57 Å².